The Morgan fingerprint density at radius 2 is 1.67 bits per heavy atom. The van der Waals surface area contributed by atoms with Gasteiger partial charge < -0.3 is 31.0 Å². The van der Waals surface area contributed by atoms with E-state index in [1.165, 1.54) is 0 Å². The van der Waals surface area contributed by atoms with Crippen LogP contribution in [0.1, 0.15) is 58.0 Å². The van der Waals surface area contributed by atoms with Gasteiger partial charge >= 0.3 is 0 Å². The average Bonchev–Trinajstić information content (AvgIpc) is 2.81. The standard InChI is InChI=1S/C26H36N6O4/c1-7-8-10-30-26(35)18-19(28)22(33)15(3)24-21(18)31-20-16(13-17(27)14(2)23(20)36-24)25(34)29-11-9-12-32(4,5)6/h13H,7-12H2,1-6H3,(H5-,27,28,29,30,31,33,34,35)/p+1. The van der Waals surface area contributed by atoms with E-state index in [1.807, 2.05) is 6.92 Å². The van der Waals surface area contributed by atoms with E-state index in [0.29, 0.717) is 24.3 Å². The second kappa shape index (κ2) is 10.5. The summed E-state index contributed by atoms with van der Waals surface area (Å²) in [5.41, 5.74) is 13.6. The third kappa shape index (κ3) is 5.43. The molecule has 194 valence electrons. The molecule has 0 saturated carbocycles. The molecule has 1 aliphatic heterocycles. The van der Waals surface area contributed by atoms with E-state index in [1.54, 1.807) is 19.9 Å². The Labute approximate surface area is 211 Å². The molecule has 10 heteroatoms. The van der Waals surface area contributed by atoms with Gasteiger partial charge in [0.25, 0.3) is 11.8 Å². The van der Waals surface area contributed by atoms with E-state index >= 15 is 0 Å². The number of nitrogens with two attached hydrogens (primary N) is 2. The Hall–Kier alpha value is -3.66. The maximum absolute atomic E-state index is 13.2. The minimum atomic E-state index is -0.511. The van der Waals surface area contributed by atoms with Crippen molar-refractivity contribution in [3.63, 3.8) is 0 Å². The number of nitrogens with one attached hydrogen (secondary N) is 2. The van der Waals surface area contributed by atoms with Crippen LogP contribution in [0.15, 0.2) is 15.3 Å². The number of benzene rings is 2. The Kier molecular flexibility index (Phi) is 7.88. The molecular formula is C26H37N6O4+. The highest BCUT2D eigenvalue weighted by Crippen LogP contribution is 2.35. The second-order valence-electron chi connectivity index (χ2n) is 10.2. The quantitative estimate of drug-likeness (QED) is 0.153. The molecule has 1 heterocycles. The number of fused-ring (bicyclic) bond motifs is 2. The fourth-order valence-electron chi connectivity index (χ4n) is 4.00. The van der Waals surface area contributed by atoms with E-state index < -0.39 is 11.3 Å². The summed E-state index contributed by atoms with van der Waals surface area (Å²) >= 11 is 0. The van der Waals surface area contributed by atoms with Crippen LogP contribution in [0.4, 0.5) is 11.4 Å². The lowest BCUT2D eigenvalue weighted by Gasteiger charge is -2.23. The number of unbranched alkanes of at least 4 members (excludes halogenated alkanes) is 1. The monoisotopic (exact) mass is 497 g/mol. The zero-order chi connectivity index (χ0) is 26.8. The van der Waals surface area contributed by atoms with Gasteiger partial charge in [0.2, 0.25) is 5.43 Å². The maximum atomic E-state index is 13.2. The first-order chi connectivity index (χ1) is 16.9. The smallest absolute Gasteiger partial charge is 0.255 e. The summed E-state index contributed by atoms with van der Waals surface area (Å²) in [5, 5.41) is 5.71. The molecule has 3 rings (SSSR count). The van der Waals surface area contributed by atoms with Crippen molar-refractivity contribution < 1.29 is 18.5 Å². The third-order valence-electron chi connectivity index (χ3n) is 6.20. The lowest BCUT2D eigenvalue weighted by molar-refractivity contribution is -0.870. The van der Waals surface area contributed by atoms with Crippen molar-refractivity contribution in [2.75, 3.05) is 52.2 Å². The molecule has 36 heavy (non-hydrogen) atoms. The molecule has 0 aromatic heterocycles. The highest BCUT2D eigenvalue weighted by atomic mass is 16.3. The van der Waals surface area contributed by atoms with E-state index in [0.717, 1.165) is 30.3 Å². The van der Waals surface area contributed by atoms with Crippen molar-refractivity contribution in [1.82, 2.24) is 15.6 Å². The van der Waals surface area contributed by atoms with Crippen LogP contribution in [0.2, 0.25) is 0 Å². The Morgan fingerprint density at radius 1 is 1.03 bits per heavy atom. The zero-order valence-corrected chi connectivity index (χ0v) is 22.0. The first-order valence-corrected chi connectivity index (χ1v) is 12.2. The van der Waals surface area contributed by atoms with Crippen molar-refractivity contribution in [3.05, 3.63) is 38.5 Å². The SMILES string of the molecule is CCCCNC(=O)c1c2nc3c(C(=O)NCCC[N+](C)(C)C)cc(N)c(C)c3oc-2c(C)c(=O)c1N. The van der Waals surface area contributed by atoms with Gasteiger partial charge in [0, 0.05) is 36.3 Å². The highest BCUT2D eigenvalue weighted by Gasteiger charge is 2.29. The first-order valence-electron chi connectivity index (χ1n) is 12.2. The Bertz CT molecular complexity index is 1340. The van der Waals surface area contributed by atoms with Crippen LogP contribution in [-0.2, 0) is 0 Å². The molecule has 0 saturated heterocycles. The molecular weight excluding hydrogens is 460 g/mol. The van der Waals surface area contributed by atoms with Crippen molar-refractivity contribution in [1.29, 1.82) is 0 Å². The Morgan fingerprint density at radius 3 is 2.31 bits per heavy atom. The minimum Gasteiger partial charge on any atom is -0.452 e. The topological polar surface area (TPSA) is 153 Å². The molecule has 0 bridgehead atoms. The van der Waals surface area contributed by atoms with Gasteiger partial charge in [-0.2, -0.15) is 0 Å². The summed E-state index contributed by atoms with van der Waals surface area (Å²) in [5.74, 6) is -0.719. The summed E-state index contributed by atoms with van der Waals surface area (Å²) in [6.45, 7) is 7.13. The van der Waals surface area contributed by atoms with E-state index in [-0.39, 0.29) is 50.8 Å². The van der Waals surface area contributed by atoms with Gasteiger partial charge in [-0.25, -0.2) is 4.98 Å². The number of hydrogen-bond donors (Lipinski definition) is 4. The summed E-state index contributed by atoms with van der Waals surface area (Å²) < 4.78 is 6.93. The molecule has 1 aliphatic carbocycles. The number of rotatable bonds is 9. The average molecular weight is 498 g/mol. The molecule has 0 unspecified atom stereocenters. The fourth-order valence-corrected chi connectivity index (χ4v) is 4.00. The molecule has 2 aliphatic rings. The summed E-state index contributed by atoms with van der Waals surface area (Å²) in [6, 6.07) is 1.56. The van der Waals surface area contributed by atoms with Crippen LogP contribution in [0.25, 0.3) is 22.6 Å². The molecule has 0 atom stereocenters. The first kappa shape index (κ1) is 26.9. The van der Waals surface area contributed by atoms with Crippen molar-refractivity contribution in [2.24, 2.45) is 0 Å². The third-order valence-corrected chi connectivity index (χ3v) is 6.20. The minimum absolute atomic E-state index is 0.0499. The van der Waals surface area contributed by atoms with Gasteiger partial charge in [0.15, 0.2) is 11.3 Å². The van der Waals surface area contributed by atoms with Crippen LogP contribution >= 0.6 is 0 Å². The van der Waals surface area contributed by atoms with E-state index in [9.17, 15) is 14.4 Å². The van der Waals surface area contributed by atoms with Gasteiger partial charge in [-0.15, -0.1) is 0 Å². The van der Waals surface area contributed by atoms with Crippen molar-refractivity contribution in [2.45, 2.75) is 40.0 Å². The molecule has 0 radical (unpaired) electrons. The molecule has 0 fully saturated rings. The van der Waals surface area contributed by atoms with Gasteiger partial charge in [-0.3, -0.25) is 14.4 Å². The van der Waals surface area contributed by atoms with Crippen LogP contribution in [-0.4, -0.2) is 62.1 Å². The number of hydrogen-bond acceptors (Lipinski definition) is 7. The lowest BCUT2D eigenvalue weighted by Crippen LogP contribution is -2.37. The number of aryl methyl sites for hydroxylation is 1. The number of carbonyl (C=O) groups is 2. The van der Waals surface area contributed by atoms with Crippen LogP contribution in [0, 0.1) is 13.8 Å². The number of nitrogen functional groups attached to an aromatic ring is 2. The summed E-state index contributed by atoms with van der Waals surface area (Å²) in [6.07, 6.45) is 2.46. The largest absolute Gasteiger partial charge is 0.452 e. The summed E-state index contributed by atoms with van der Waals surface area (Å²) in [4.78, 5) is 43.7. The van der Waals surface area contributed by atoms with Crippen LogP contribution < -0.4 is 27.5 Å². The van der Waals surface area contributed by atoms with Crippen LogP contribution in [0.5, 0.6) is 0 Å². The molecule has 10 nitrogen and oxygen atoms in total. The van der Waals surface area contributed by atoms with E-state index in [2.05, 4.69) is 36.8 Å². The number of amides is 2. The number of quaternary nitrogens is 1. The van der Waals surface area contributed by atoms with Gasteiger partial charge in [-0.05, 0) is 26.3 Å². The molecule has 1 aromatic rings. The molecule has 0 spiro atoms. The van der Waals surface area contributed by atoms with Gasteiger partial charge in [0.1, 0.15) is 11.2 Å². The lowest BCUT2D eigenvalue weighted by atomic mass is 9.99. The van der Waals surface area contributed by atoms with Gasteiger partial charge in [-0.1, -0.05) is 13.3 Å². The maximum Gasteiger partial charge on any atom is 0.255 e. The van der Waals surface area contributed by atoms with E-state index in [4.69, 9.17) is 15.9 Å². The van der Waals surface area contributed by atoms with Gasteiger partial charge in [0.05, 0.1) is 44.5 Å². The summed E-state index contributed by atoms with van der Waals surface area (Å²) in [7, 11) is 6.26. The van der Waals surface area contributed by atoms with Crippen molar-refractivity contribution >= 4 is 34.3 Å². The number of anilines is 2. The normalized spacial score (nSPS) is 11.7. The predicted octanol–water partition coefficient (Wildman–Crippen LogP) is 2.43. The molecule has 2 amide bonds. The predicted molar refractivity (Wildman–Crippen MR) is 142 cm³/mol. The second-order valence-corrected chi connectivity index (χ2v) is 10.2. The fraction of sp³-hybridized carbons (Fsp3) is 0.462. The van der Waals surface area contributed by atoms with Crippen LogP contribution in [0.3, 0.4) is 0 Å². The number of aromatic nitrogens is 1. The number of carbonyl (C=O) groups excluding carboxylic acids is 2. The highest BCUT2D eigenvalue weighted by molar-refractivity contribution is 6.09. The molecule has 1 aromatic carbocycles. The Balaban J connectivity index is 2.18. The zero-order valence-electron chi connectivity index (χ0n) is 22.0. The number of nitrogens with zero attached hydrogens (tertiary/aromatic N) is 2. The molecule has 6 N–H and O–H groups in total. The van der Waals surface area contributed by atoms with Crippen molar-refractivity contribution in [3.8, 4) is 11.5 Å².